The Morgan fingerprint density at radius 2 is 2.40 bits per heavy atom. The van der Waals surface area contributed by atoms with Crippen molar-refractivity contribution < 1.29 is 4.74 Å². The molecule has 0 spiro atoms. The quantitative estimate of drug-likeness (QED) is 0.779. The number of ether oxygens (including phenoxy) is 1. The first-order valence-electron chi connectivity index (χ1n) is 5.06. The molecule has 1 unspecified atom stereocenters. The predicted octanol–water partition coefficient (Wildman–Crippen LogP) is 2.28. The van der Waals surface area contributed by atoms with Crippen LogP contribution in [-0.4, -0.2) is 16.1 Å². The van der Waals surface area contributed by atoms with Crippen LogP contribution in [0.15, 0.2) is 18.3 Å². The zero-order valence-corrected chi connectivity index (χ0v) is 9.88. The molecule has 15 heavy (non-hydrogen) atoms. The van der Waals surface area contributed by atoms with E-state index in [4.69, 9.17) is 22.7 Å². The van der Waals surface area contributed by atoms with E-state index in [1.165, 1.54) is 0 Å². The molecule has 1 aromatic rings. The van der Waals surface area contributed by atoms with Crippen LogP contribution < -0.4 is 10.5 Å². The van der Waals surface area contributed by atoms with Crippen molar-refractivity contribution in [1.82, 2.24) is 4.98 Å². The van der Waals surface area contributed by atoms with Crippen LogP contribution in [0, 0.1) is 0 Å². The largest absolute Gasteiger partial charge is 0.488 e. The minimum Gasteiger partial charge on any atom is -0.488 e. The number of nitrogens with two attached hydrogens (primary N) is 1. The van der Waals surface area contributed by atoms with Gasteiger partial charge in [-0.2, -0.15) is 0 Å². The van der Waals surface area contributed by atoms with Gasteiger partial charge in [0.2, 0.25) is 0 Å². The molecular weight excluding hydrogens is 208 g/mol. The number of pyridine rings is 1. The Morgan fingerprint density at radius 1 is 1.67 bits per heavy atom. The molecule has 0 aromatic carbocycles. The number of hydrogen-bond acceptors (Lipinski definition) is 3. The summed E-state index contributed by atoms with van der Waals surface area (Å²) >= 11 is 4.90. The second-order valence-corrected chi connectivity index (χ2v) is 3.87. The number of aromatic nitrogens is 1. The molecule has 1 rings (SSSR count). The first kappa shape index (κ1) is 11.9. The Balaban J connectivity index is 2.79. The molecule has 1 atom stereocenters. The monoisotopic (exact) mass is 224 g/mol. The Kier molecular flexibility index (Phi) is 4.49. The summed E-state index contributed by atoms with van der Waals surface area (Å²) in [5.74, 6) is 0.672. The van der Waals surface area contributed by atoms with E-state index < -0.39 is 0 Å². The van der Waals surface area contributed by atoms with Gasteiger partial charge in [-0.05, 0) is 25.5 Å². The molecule has 1 aromatic heterocycles. The van der Waals surface area contributed by atoms with Gasteiger partial charge in [0.1, 0.15) is 16.4 Å². The van der Waals surface area contributed by atoms with E-state index in [1.807, 2.05) is 19.1 Å². The van der Waals surface area contributed by atoms with E-state index in [-0.39, 0.29) is 11.1 Å². The minimum atomic E-state index is 0.160. The summed E-state index contributed by atoms with van der Waals surface area (Å²) < 4.78 is 5.72. The van der Waals surface area contributed by atoms with Crippen LogP contribution in [-0.2, 0) is 0 Å². The molecule has 2 N–H and O–H groups in total. The molecule has 0 radical (unpaired) electrons. The molecule has 0 saturated heterocycles. The normalized spacial score (nSPS) is 12.1. The lowest BCUT2D eigenvalue weighted by atomic mass is 10.2. The van der Waals surface area contributed by atoms with Crippen LogP contribution in [0.25, 0.3) is 0 Å². The Labute approximate surface area is 95.7 Å². The van der Waals surface area contributed by atoms with E-state index in [2.05, 4.69) is 11.9 Å². The third-order valence-electron chi connectivity index (χ3n) is 2.03. The maximum absolute atomic E-state index is 5.72. The maximum Gasteiger partial charge on any atom is 0.148 e. The summed E-state index contributed by atoms with van der Waals surface area (Å²) in [6.45, 7) is 4.15. The number of hydrogen-bond donors (Lipinski definition) is 1. The average Bonchev–Trinajstić information content (AvgIpc) is 2.18. The van der Waals surface area contributed by atoms with Gasteiger partial charge in [-0.1, -0.05) is 25.6 Å². The van der Waals surface area contributed by atoms with Crippen molar-refractivity contribution in [2.45, 2.75) is 32.8 Å². The predicted molar refractivity (Wildman–Crippen MR) is 65.1 cm³/mol. The Bertz CT molecular complexity index is 341. The van der Waals surface area contributed by atoms with Crippen molar-refractivity contribution in [1.29, 1.82) is 0 Å². The molecular formula is C11H16N2OS. The van der Waals surface area contributed by atoms with Gasteiger partial charge in [0.15, 0.2) is 0 Å². The smallest absolute Gasteiger partial charge is 0.148 e. The molecule has 0 fully saturated rings. The van der Waals surface area contributed by atoms with Gasteiger partial charge >= 0.3 is 0 Å². The lowest BCUT2D eigenvalue weighted by Gasteiger charge is -2.15. The highest BCUT2D eigenvalue weighted by atomic mass is 32.1. The Hall–Kier alpha value is -1.16. The highest BCUT2D eigenvalue weighted by Crippen LogP contribution is 2.18. The van der Waals surface area contributed by atoms with E-state index >= 15 is 0 Å². The second-order valence-electron chi connectivity index (χ2n) is 3.43. The van der Waals surface area contributed by atoms with Crippen molar-refractivity contribution in [2.24, 2.45) is 5.73 Å². The number of nitrogens with zero attached hydrogens (tertiary/aromatic N) is 1. The number of thiocarbonyl (C=S) groups is 1. The molecule has 0 amide bonds. The first-order valence-corrected chi connectivity index (χ1v) is 5.47. The van der Waals surface area contributed by atoms with Gasteiger partial charge in [0, 0.05) is 6.20 Å². The SMILES string of the molecule is CCCC(C)Oc1cccnc1C(N)=S. The zero-order chi connectivity index (χ0) is 11.3. The van der Waals surface area contributed by atoms with Gasteiger partial charge < -0.3 is 10.5 Å². The van der Waals surface area contributed by atoms with E-state index in [0.717, 1.165) is 12.8 Å². The second kappa shape index (κ2) is 5.66. The van der Waals surface area contributed by atoms with Gasteiger partial charge in [-0.25, -0.2) is 4.98 Å². The summed E-state index contributed by atoms with van der Waals surface area (Å²) in [6.07, 6.45) is 3.91. The summed E-state index contributed by atoms with van der Waals surface area (Å²) in [7, 11) is 0. The van der Waals surface area contributed by atoms with Crippen molar-refractivity contribution in [3.63, 3.8) is 0 Å². The highest BCUT2D eigenvalue weighted by molar-refractivity contribution is 7.80. The van der Waals surface area contributed by atoms with Gasteiger partial charge in [-0.3, -0.25) is 0 Å². The molecule has 3 nitrogen and oxygen atoms in total. The Morgan fingerprint density at radius 3 is 3.00 bits per heavy atom. The fraction of sp³-hybridized carbons (Fsp3) is 0.455. The van der Waals surface area contributed by atoms with Crippen LogP contribution in [0.2, 0.25) is 0 Å². The van der Waals surface area contributed by atoms with Crippen molar-refractivity contribution in [3.05, 3.63) is 24.0 Å². The van der Waals surface area contributed by atoms with Crippen LogP contribution in [0.1, 0.15) is 32.4 Å². The van der Waals surface area contributed by atoms with Crippen molar-refractivity contribution in [2.75, 3.05) is 0 Å². The fourth-order valence-corrected chi connectivity index (χ4v) is 1.51. The summed E-state index contributed by atoms with van der Waals surface area (Å²) in [5, 5.41) is 0. The van der Waals surface area contributed by atoms with Gasteiger partial charge in [0.25, 0.3) is 0 Å². The maximum atomic E-state index is 5.72. The molecule has 82 valence electrons. The topological polar surface area (TPSA) is 48.1 Å². The summed E-state index contributed by atoms with van der Waals surface area (Å²) in [5.41, 5.74) is 6.12. The summed E-state index contributed by atoms with van der Waals surface area (Å²) in [6, 6.07) is 3.66. The molecule has 0 bridgehead atoms. The molecule has 1 heterocycles. The average molecular weight is 224 g/mol. The standard InChI is InChI=1S/C11H16N2OS/c1-3-5-8(2)14-9-6-4-7-13-10(9)11(12)15/h4,6-8H,3,5H2,1-2H3,(H2,12,15). The van der Waals surface area contributed by atoms with Crippen LogP contribution >= 0.6 is 12.2 Å². The minimum absolute atomic E-state index is 0.160. The summed E-state index contributed by atoms with van der Waals surface area (Å²) in [4.78, 5) is 4.37. The first-order chi connectivity index (χ1) is 7.15. The molecule has 0 saturated carbocycles. The lowest BCUT2D eigenvalue weighted by molar-refractivity contribution is 0.209. The van der Waals surface area contributed by atoms with Crippen molar-refractivity contribution in [3.8, 4) is 5.75 Å². The lowest BCUT2D eigenvalue weighted by Crippen LogP contribution is -2.17. The molecule has 0 aliphatic carbocycles. The van der Waals surface area contributed by atoms with Crippen LogP contribution in [0.3, 0.4) is 0 Å². The van der Waals surface area contributed by atoms with Crippen molar-refractivity contribution >= 4 is 17.2 Å². The van der Waals surface area contributed by atoms with Crippen LogP contribution in [0.5, 0.6) is 5.75 Å². The van der Waals surface area contributed by atoms with Crippen LogP contribution in [0.4, 0.5) is 0 Å². The van der Waals surface area contributed by atoms with E-state index in [9.17, 15) is 0 Å². The third-order valence-corrected chi connectivity index (χ3v) is 2.22. The fourth-order valence-electron chi connectivity index (χ4n) is 1.35. The zero-order valence-electron chi connectivity index (χ0n) is 9.06. The molecule has 4 heteroatoms. The van der Waals surface area contributed by atoms with Gasteiger partial charge in [-0.15, -0.1) is 0 Å². The highest BCUT2D eigenvalue weighted by Gasteiger charge is 2.10. The van der Waals surface area contributed by atoms with Gasteiger partial charge in [0.05, 0.1) is 6.10 Å². The van der Waals surface area contributed by atoms with E-state index in [1.54, 1.807) is 6.20 Å². The number of rotatable bonds is 5. The molecule has 0 aliphatic rings. The third kappa shape index (κ3) is 3.47. The molecule has 0 aliphatic heterocycles. The van der Waals surface area contributed by atoms with E-state index in [0.29, 0.717) is 11.4 Å².